The second-order valence-corrected chi connectivity index (χ2v) is 7.50. The van der Waals surface area contributed by atoms with Gasteiger partial charge in [-0.2, -0.15) is 0 Å². The summed E-state index contributed by atoms with van der Waals surface area (Å²) in [7, 11) is -3.37. The van der Waals surface area contributed by atoms with Gasteiger partial charge in [-0.1, -0.05) is 36.4 Å². The van der Waals surface area contributed by atoms with Gasteiger partial charge < -0.3 is 10.6 Å². The van der Waals surface area contributed by atoms with Gasteiger partial charge in [0.2, 0.25) is 10.0 Å². The Labute approximate surface area is 178 Å². The summed E-state index contributed by atoms with van der Waals surface area (Å²) < 4.78 is 26.8. The van der Waals surface area contributed by atoms with Crippen molar-refractivity contribution in [1.29, 1.82) is 0 Å². The molecule has 0 aliphatic rings. The van der Waals surface area contributed by atoms with Crippen molar-refractivity contribution in [2.45, 2.75) is 20.0 Å². The molecule has 3 N–H and O–H groups in total. The molecule has 0 radical (unpaired) electrons. The number of benzene rings is 1. The topological polar surface area (TPSA) is 95.5 Å². The van der Waals surface area contributed by atoms with Crippen molar-refractivity contribution in [1.82, 2.24) is 20.3 Å². The van der Waals surface area contributed by atoms with E-state index < -0.39 is 10.0 Å². The Morgan fingerprint density at radius 3 is 2.48 bits per heavy atom. The number of pyridine rings is 1. The van der Waals surface area contributed by atoms with Gasteiger partial charge in [-0.25, -0.2) is 18.1 Å². The molecule has 2 rings (SSSR count). The van der Waals surface area contributed by atoms with E-state index in [2.05, 4.69) is 25.3 Å². The summed E-state index contributed by atoms with van der Waals surface area (Å²) in [6.45, 7) is 3.62. The predicted octanol–water partition coefficient (Wildman–Crippen LogP) is 1.87. The van der Waals surface area contributed by atoms with Crippen LogP contribution in [0, 0.1) is 0 Å². The largest absolute Gasteiger partial charge is 0.357 e. The Kier molecular flexibility index (Phi) is 10.9. The van der Waals surface area contributed by atoms with E-state index in [9.17, 15) is 8.42 Å². The van der Waals surface area contributed by atoms with E-state index in [0.29, 0.717) is 19.0 Å². The molecule has 27 heavy (non-hydrogen) atoms. The average molecular weight is 503 g/mol. The quantitative estimate of drug-likeness (QED) is 0.276. The molecule has 1 aromatic heterocycles. The van der Waals surface area contributed by atoms with Crippen molar-refractivity contribution in [2.75, 3.05) is 18.8 Å². The van der Waals surface area contributed by atoms with Gasteiger partial charge in [0, 0.05) is 25.8 Å². The molecule has 0 atom stereocenters. The Morgan fingerprint density at radius 2 is 1.81 bits per heavy atom. The molecule has 0 aliphatic heterocycles. The summed E-state index contributed by atoms with van der Waals surface area (Å²) in [5.74, 6) is 0.532. The van der Waals surface area contributed by atoms with Gasteiger partial charge in [0.05, 0.1) is 18.0 Å². The van der Waals surface area contributed by atoms with Crippen LogP contribution in [0.4, 0.5) is 0 Å². The van der Waals surface area contributed by atoms with Crippen LogP contribution in [0.3, 0.4) is 0 Å². The number of halogens is 1. The molecule has 0 bridgehead atoms. The molecular formula is C18H26IN5O2S. The van der Waals surface area contributed by atoms with Gasteiger partial charge in [0.1, 0.15) is 0 Å². The summed E-state index contributed by atoms with van der Waals surface area (Å²) in [4.78, 5) is 8.63. The third-order valence-electron chi connectivity index (χ3n) is 3.47. The highest BCUT2D eigenvalue weighted by Crippen LogP contribution is 1.99. The Hall–Kier alpha value is -1.72. The first-order valence-electron chi connectivity index (χ1n) is 8.52. The van der Waals surface area contributed by atoms with Crippen molar-refractivity contribution >= 4 is 40.0 Å². The fourth-order valence-corrected chi connectivity index (χ4v) is 3.06. The Balaban J connectivity index is 0.00000364. The van der Waals surface area contributed by atoms with Crippen molar-refractivity contribution in [2.24, 2.45) is 4.99 Å². The number of guanidine groups is 1. The van der Waals surface area contributed by atoms with Gasteiger partial charge in [-0.3, -0.25) is 4.98 Å². The molecule has 0 fully saturated rings. The maximum absolute atomic E-state index is 12.1. The van der Waals surface area contributed by atoms with Gasteiger partial charge >= 0.3 is 0 Å². The molecule has 0 saturated carbocycles. The van der Waals surface area contributed by atoms with E-state index in [-0.39, 0.29) is 42.8 Å². The normalized spacial score (nSPS) is 11.5. The number of nitrogens with one attached hydrogen (secondary N) is 3. The fourth-order valence-electron chi connectivity index (χ4n) is 2.16. The first-order valence-corrected chi connectivity index (χ1v) is 10.2. The van der Waals surface area contributed by atoms with E-state index >= 15 is 0 Å². The molecule has 9 heteroatoms. The molecule has 2 aromatic rings. The van der Waals surface area contributed by atoms with Crippen molar-refractivity contribution in [3.63, 3.8) is 0 Å². The van der Waals surface area contributed by atoms with Crippen LogP contribution in [0.5, 0.6) is 0 Å². The van der Waals surface area contributed by atoms with Crippen molar-refractivity contribution in [3.05, 3.63) is 66.0 Å². The average Bonchev–Trinajstić information content (AvgIpc) is 2.66. The zero-order chi connectivity index (χ0) is 18.7. The second kappa shape index (κ2) is 12.6. The van der Waals surface area contributed by atoms with E-state index in [1.54, 1.807) is 6.20 Å². The lowest BCUT2D eigenvalue weighted by Crippen LogP contribution is -2.41. The highest BCUT2D eigenvalue weighted by Gasteiger charge is 2.10. The second-order valence-electron chi connectivity index (χ2n) is 5.57. The summed E-state index contributed by atoms with van der Waals surface area (Å²) in [5.41, 5.74) is 1.77. The van der Waals surface area contributed by atoms with Crippen LogP contribution in [0.1, 0.15) is 18.2 Å². The van der Waals surface area contributed by atoms with Gasteiger partial charge in [-0.15, -0.1) is 24.0 Å². The summed E-state index contributed by atoms with van der Waals surface area (Å²) in [6.07, 6.45) is 1.72. The summed E-state index contributed by atoms with van der Waals surface area (Å²) >= 11 is 0. The summed E-state index contributed by atoms with van der Waals surface area (Å²) in [5, 5.41) is 6.13. The Bertz CT molecular complexity index is 786. The van der Waals surface area contributed by atoms with Crippen LogP contribution >= 0.6 is 24.0 Å². The lowest BCUT2D eigenvalue weighted by molar-refractivity contribution is 0.580. The number of hydrogen-bond donors (Lipinski definition) is 3. The molecule has 1 heterocycles. The highest BCUT2D eigenvalue weighted by molar-refractivity contribution is 14.0. The maximum Gasteiger partial charge on any atom is 0.213 e. The fraction of sp³-hybridized carbons (Fsp3) is 0.333. The molecule has 0 unspecified atom stereocenters. The molecule has 1 aromatic carbocycles. The first kappa shape index (κ1) is 23.3. The smallest absolute Gasteiger partial charge is 0.213 e. The zero-order valence-corrected chi connectivity index (χ0v) is 18.4. The van der Waals surface area contributed by atoms with E-state index in [4.69, 9.17) is 0 Å². The van der Waals surface area contributed by atoms with Crippen molar-refractivity contribution < 1.29 is 8.42 Å². The predicted molar refractivity (Wildman–Crippen MR) is 120 cm³/mol. The van der Waals surface area contributed by atoms with Gasteiger partial charge in [-0.05, 0) is 24.6 Å². The van der Waals surface area contributed by atoms with Gasteiger partial charge in [0.25, 0.3) is 0 Å². The molecule has 7 nitrogen and oxygen atoms in total. The van der Waals surface area contributed by atoms with Crippen molar-refractivity contribution in [3.8, 4) is 0 Å². The van der Waals surface area contributed by atoms with Crippen LogP contribution in [-0.4, -0.2) is 38.2 Å². The third kappa shape index (κ3) is 9.68. The molecule has 0 amide bonds. The van der Waals surface area contributed by atoms with Crippen LogP contribution < -0.4 is 15.4 Å². The van der Waals surface area contributed by atoms with Crippen LogP contribution in [0.2, 0.25) is 0 Å². The standard InChI is InChI=1S/C18H25N5O2S.HI/c1-2-19-18(22-15-17-10-6-7-11-20-17)21-12-13-26(24,25)23-14-16-8-4-3-5-9-16;/h3-11,23H,2,12-15H2,1H3,(H2,19,21,22);1H. The molecular weight excluding hydrogens is 477 g/mol. The Morgan fingerprint density at radius 1 is 1.07 bits per heavy atom. The minimum atomic E-state index is -3.37. The lowest BCUT2D eigenvalue weighted by Gasteiger charge is -2.12. The minimum Gasteiger partial charge on any atom is -0.357 e. The SMILES string of the molecule is CCNC(=NCc1ccccn1)NCCS(=O)(=O)NCc1ccccc1.I. The maximum atomic E-state index is 12.1. The first-order chi connectivity index (χ1) is 12.6. The summed E-state index contributed by atoms with van der Waals surface area (Å²) in [6, 6.07) is 15.1. The number of hydrogen-bond acceptors (Lipinski definition) is 4. The lowest BCUT2D eigenvalue weighted by atomic mass is 10.2. The number of nitrogens with zero attached hydrogens (tertiary/aromatic N) is 2. The monoisotopic (exact) mass is 503 g/mol. The molecule has 0 spiro atoms. The van der Waals surface area contributed by atoms with Crippen LogP contribution in [-0.2, 0) is 23.1 Å². The van der Waals surface area contributed by atoms with Crippen LogP contribution in [0.15, 0.2) is 59.7 Å². The van der Waals surface area contributed by atoms with E-state index in [0.717, 1.165) is 11.3 Å². The molecule has 148 valence electrons. The third-order valence-corrected chi connectivity index (χ3v) is 4.80. The van der Waals surface area contributed by atoms with Gasteiger partial charge in [0.15, 0.2) is 5.96 Å². The number of sulfonamides is 1. The van der Waals surface area contributed by atoms with E-state index in [1.165, 1.54) is 0 Å². The molecule has 0 aliphatic carbocycles. The van der Waals surface area contributed by atoms with Crippen LogP contribution in [0.25, 0.3) is 0 Å². The number of aliphatic imine (C=N–C) groups is 1. The van der Waals surface area contributed by atoms with E-state index in [1.807, 2.05) is 55.5 Å². The number of aromatic nitrogens is 1. The number of rotatable bonds is 9. The highest BCUT2D eigenvalue weighted by atomic mass is 127. The molecule has 0 saturated heterocycles. The minimum absolute atomic E-state index is 0. The zero-order valence-electron chi connectivity index (χ0n) is 15.3.